The molecule has 0 heterocycles. The molecule has 0 amide bonds. The smallest absolute Gasteiger partial charge is 0.361 e. The van der Waals surface area contributed by atoms with Gasteiger partial charge >= 0.3 is 17.9 Å². The third-order valence-electron chi connectivity index (χ3n) is 10.1. The Hall–Kier alpha value is -4.57. The highest BCUT2D eigenvalue weighted by Gasteiger charge is 2.25. The Morgan fingerprint density at radius 1 is 0.456 bits per heavy atom. The standard InChI is InChI=1S/C59H93NO8/c1-6-8-10-12-14-16-18-20-22-23-24-25-26-27-28-29-30-31-32-33-34-35-36-38-40-42-44-46-48-50-57(62)68-55(54-67-59(58(63)64)65-52-51-60(3,4)5)53-66-56(61)49-47-45-43-41-39-37-21-19-17-15-13-11-9-7-2/h8,10,13-16,19-22,24-25,27-28,30-31,33-34,36,38,42,44,55,59H,6-7,9,11-12,17-18,23,26,29,32,35,37,39-41,43,45-54H2,1-5H3/p+1/b10-8-,15-13-,16-14-,21-19-,22-20-,25-24-,28-27-,31-30-,34-33-,38-36-,44-42-. The number of hydrogen-bond acceptors (Lipinski definition) is 7. The van der Waals surface area contributed by atoms with E-state index < -0.39 is 24.3 Å². The Morgan fingerprint density at radius 2 is 0.853 bits per heavy atom. The highest BCUT2D eigenvalue weighted by atomic mass is 16.7. The first-order valence-corrected chi connectivity index (χ1v) is 25.8. The number of allylic oxidation sites excluding steroid dienone is 22. The molecule has 0 saturated carbocycles. The van der Waals surface area contributed by atoms with E-state index in [1.807, 2.05) is 21.1 Å². The zero-order valence-corrected chi connectivity index (χ0v) is 43.2. The summed E-state index contributed by atoms with van der Waals surface area (Å²) in [5.41, 5.74) is 0. The number of rotatable bonds is 45. The number of esters is 2. The quantitative estimate of drug-likeness (QED) is 0.0211. The van der Waals surface area contributed by atoms with Gasteiger partial charge in [0.05, 0.1) is 34.4 Å². The largest absolute Gasteiger partial charge is 0.477 e. The van der Waals surface area contributed by atoms with Crippen molar-refractivity contribution >= 4 is 17.9 Å². The van der Waals surface area contributed by atoms with E-state index in [0.29, 0.717) is 30.3 Å². The first-order chi connectivity index (χ1) is 33.1. The molecule has 0 aliphatic heterocycles. The van der Waals surface area contributed by atoms with Crippen LogP contribution in [0.4, 0.5) is 0 Å². The summed E-state index contributed by atoms with van der Waals surface area (Å²) in [6, 6.07) is 0. The van der Waals surface area contributed by atoms with Gasteiger partial charge in [-0.2, -0.15) is 0 Å². The molecule has 0 bridgehead atoms. The molecule has 0 aromatic carbocycles. The molecule has 0 fully saturated rings. The molecule has 0 rings (SSSR count). The maximum absolute atomic E-state index is 12.8. The number of carbonyl (C=O) groups is 3. The molecule has 0 aromatic rings. The number of likely N-dealkylation sites (N-methyl/N-ethyl adjacent to an activating group) is 1. The normalized spacial score (nSPS) is 14.0. The van der Waals surface area contributed by atoms with Crippen LogP contribution in [0.1, 0.15) is 162 Å². The van der Waals surface area contributed by atoms with Crippen LogP contribution in [0.5, 0.6) is 0 Å². The second kappa shape index (κ2) is 48.9. The molecule has 0 aromatic heterocycles. The zero-order valence-electron chi connectivity index (χ0n) is 43.2. The summed E-state index contributed by atoms with van der Waals surface area (Å²) in [7, 11) is 5.92. The monoisotopic (exact) mass is 945 g/mol. The summed E-state index contributed by atoms with van der Waals surface area (Å²) in [6.07, 6.45) is 66.7. The lowest BCUT2D eigenvalue weighted by atomic mass is 10.1. The fourth-order valence-electron chi connectivity index (χ4n) is 6.15. The Bertz CT molecular complexity index is 1570. The average Bonchev–Trinajstić information content (AvgIpc) is 3.30. The third-order valence-corrected chi connectivity index (χ3v) is 10.1. The minimum atomic E-state index is -1.54. The summed E-state index contributed by atoms with van der Waals surface area (Å²) in [4.78, 5) is 37.2. The van der Waals surface area contributed by atoms with Crippen LogP contribution in [-0.2, 0) is 33.3 Å². The van der Waals surface area contributed by atoms with Crippen molar-refractivity contribution in [2.45, 2.75) is 174 Å². The van der Waals surface area contributed by atoms with Crippen LogP contribution in [0, 0.1) is 0 Å². The van der Waals surface area contributed by atoms with Crippen LogP contribution in [0.2, 0.25) is 0 Å². The molecule has 0 saturated heterocycles. The molecule has 68 heavy (non-hydrogen) atoms. The third kappa shape index (κ3) is 49.3. The van der Waals surface area contributed by atoms with Crippen LogP contribution < -0.4 is 0 Å². The lowest BCUT2D eigenvalue weighted by molar-refractivity contribution is -0.870. The van der Waals surface area contributed by atoms with Crippen molar-refractivity contribution in [1.82, 2.24) is 0 Å². The van der Waals surface area contributed by atoms with Crippen molar-refractivity contribution in [3.63, 3.8) is 0 Å². The van der Waals surface area contributed by atoms with Crippen LogP contribution >= 0.6 is 0 Å². The molecule has 0 radical (unpaired) electrons. The first-order valence-electron chi connectivity index (χ1n) is 25.8. The average molecular weight is 945 g/mol. The molecule has 0 spiro atoms. The number of carbonyl (C=O) groups excluding carboxylic acids is 2. The Balaban J connectivity index is 4.47. The van der Waals surface area contributed by atoms with E-state index in [4.69, 9.17) is 18.9 Å². The Morgan fingerprint density at radius 3 is 1.29 bits per heavy atom. The van der Waals surface area contributed by atoms with Crippen LogP contribution in [0.3, 0.4) is 0 Å². The molecular weight excluding hydrogens is 851 g/mol. The maximum Gasteiger partial charge on any atom is 0.361 e. The minimum Gasteiger partial charge on any atom is -0.477 e. The van der Waals surface area contributed by atoms with E-state index in [2.05, 4.69) is 148 Å². The Kier molecular flexibility index (Phi) is 45.6. The number of nitrogens with zero attached hydrogens (tertiary/aromatic N) is 1. The summed E-state index contributed by atoms with van der Waals surface area (Å²) in [5, 5.41) is 9.66. The van der Waals surface area contributed by atoms with Gasteiger partial charge < -0.3 is 28.5 Å². The van der Waals surface area contributed by atoms with Gasteiger partial charge in [-0.05, 0) is 103 Å². The van der Waals surface area contributed by atoms with E-state index in [1.54, 1.807) is 0 Å². The topological polar surface area (TPSA) is 108 Å². The molecule has 9 nitrogen and oxygen atoms in total. The number of carboxylic acid groups (broad SMARTS) is 1. The lowest BCUT2D eigenvalue weighted by Crippen LogP contribution is -2.40. The molecular formula is C59H94NO8+. The van der Waals surface area contributed by atoms with Gasteiger partial charge in [0, 0.05) is 12.8 Å². The number of quaternary nitrogens is 1. The van der Waals surface area contributed by atoms with Crippen LogP contribution in [0.15, 0.2) is 134 Å². The zero-order chi connectivity index (χ0) is 49.9. The molecule has 2 atom stereocenters. The van der Waals surface area contributed by atoms with Crippen molar-refractivity contribution in [2.75, 3.05) is 47.5 Å². The number of aliphatic carboxylic acids is 1. The minimum absolute atomic E-state index is 0.166. The van der Waals surface area contributed by atoms with Crippen molar-refractivity contribution < 1.29 is 42.9 Å². The number of carboxylic acids is 1. The Labute approximate surface area is 414 Å². The highest BCUT2D eigenvalue weighted by molar-refractivity contribution is 5.71. The van der Waals surface area contributed by atoms with Gasteiger partial charge in [-0.1, -0.05) is 180 Å². The van der Waals surface area contributed by atoms with Gasteiger partial charge in [0.1, 0.15) is 13.2 Å². The second-order valence-electron chi connectivity index (χ2n) is 17.7. The predicted molar refractivity (Wildman–Crippen MR) is 285 cm³/mol. The lowest BCUT2D eigenvalue weighted by Gasteiger charge is -2.25. The number of ether oxygens (including phenoxy) is 4. The van der Waals surface area contributed by atoms with Crippen LogP contribution in [-0.4, -0.2) is 87.4 Å². The molecule has 9 heteroatoms. The summed E-state index contributed by atoms with van der Waals surface area (Å²) < 4.78 is 22.7. The van der Waals surface area contributed by atoms with E-state index in [-0.39, 0.29) is 38.6 Å². The number of unbranched alkanes of at least 4 members (excludes halogenated alkanes) is 8. The van der Waals surface area contributed by atoms with Gasteiger partial charge in [-0.25, -0.2) is 4.79 Å². The van der Waals surface area contributed by atoms with Gasteiger partial charge in [0.25, 0.3) is 6.29 Å². The molecule has 382 valence electrons. The van der Waals surface area contributed by atoms with Gasteiger partial charge in [-0.15, -0.1) is 0 Å². The van der Waals surface area contributed by atoms with Gasteiger partial charge in [-0.3, -0.25) is 9.59 Å². The molecule has 1 N–H and O–H groups in total. The van der Waals surface area contributed by atoms with Gasteiger partial charge in [0.15, 0.2) is 6.10 Å². The fraction of sp³-hybridized carbons (Fsp3) is 0.576. The first kappa shape index (κ1) is 63.4. The van der Waals surface area contributed by atoms with E-state index in [0.717, 1.165) is 103 Å². The van der Waals surface area contributed by atoms with E-state index >= 15 is 0 Å². The maximum atomic E-state index is 12.8. The summed E-state index contributed by atoms with van der Waals surface area (Å²) in [6.45, 7) is 4.60. The molecule has 0 aliphatic carbocycles. The summed E-state index contributed by atoms with van der Waals surface area (Å²) >= 11 is 0. The highest BCUT2D eigenvalue weighted by Crippen LogP contribution is 2.11. The van der Waals surface area contributed by atoms with E-state index in [1.165, 1.54) is 12.8 Å². The molecule has 2 unspecified atom stereocenters. The fourth-order valence-corrected chi connectivity index (χ4v) is 6.15. The van der Waals surface area contributed by atoms with Crippen molar-refractivity contribution in [3.8, 4) is 0 Å². The van der Waals surface area contributed by atoms with Crippen molar-refractivity contribution in [1.29, 1.82) is 0 Å². The summed E-state index contributed by atoms with van der Waals surface area (Å²) in [5.74, 6) is -2.13. The van der Waals surface area contributed by atoms with Crippen LogP contribution in [0.25, 0.3) is 0 Å². The predicted octanol–water partition coefficient (Wildman–Crippen LogP) is 14.7. The number of hydrogen-bond donors (Lipinski definition) is 1. The molecule has 0 aliphatic rings. The van der Waals surface area contributed by atoms with Crippen molar-refractivity contribution in [2.24, 2.45) is 0 Å². The second-order valence-corrected chi connectivity index (χ2v) is 17.7. The van der Waals surface area contributed by atoms with Crippen molar-refractivity contribution in [3.05, 3.63) is 134 Å². The van der Waals surface area contributed by atoms with Gasteiger partial charge in [0.2, 0.25) is 0 Å². The SMILES string of the molecule is CC/C=C\C/C=C\C/C=C\C/C=C\C/C=C\C/C=C\C/C=C\C/C=C\C/C=C\CCCC(=O)OC(COC(=O)CCCCCCC/C=C\C/C=C\CCCC)COC(OCC[N+](C)(C)C)C(=O)O. The van der Waals surface area contributed by atoms with E-state index in [9.17, 15) is 19.5 Å².